The van der Waals surface area contributed by atoms with Crippen LogP contribution in [-0.4, -0.2) is 25.8 Å². The summed E-state index contributed by atoms with van der Waals surface area (Å²) in [5.74, 6) is -0.199. The predicted octanol–water partition coefficient (Wildman–Crippen LogP) is 2.90. The largest absolute Gasteiger partial charge is 0.243 e. The Morgan fingerprint density at radius 1 is 1.38 bits per heavy atom. The number of halogens is 1. The molecule has 1 aromatic rings. The van der Waals surface area contributed by atoms with E-state index in [1.807, 2.05) is 0 Å². The van der Waals surface area contributed by atoms with Crippen molar-refractivity contribution in [2.24, 2.45) is 5.92 Å². The number of nitrogens with zero attached hydrogens (tertiary/aromatic N) is 2. The third-order valence-corrected chi connectivity index (χ3v) is 6.06. The molecule has 0 radical (unpaired) electrons. The molecule has 4 nitrogen and oxygen atoms in total. The lowest BCUT2D eigenvalue weighted by Gasteiger charge is -2.33. The number of nitriles is 1. The van der Waals surface area contributed by atoms with Gasteiger partial charge in [-0.15, -0.1) is 0 Å². The highest BCUT2D eigenvalue weighted by Crippen LogP contribution is 2.30. The molecule has 0 N–H and O–H groups in total. The first-order chi connectivity index (χ1) is 9.86. The van der Waals surface area contributed by atoms with Gasteiger partial charge in [0, 0.05) is 13.1 Å². The molecule has 2 unspecified atom stereocenters. The minimum absolute atomic E-state index is 0.0267. The van der Waals surface area contributed by atoms with Gasteiger partial charge in [-0.05, 0) is 37.0 Å². The minimum atomic E-state index is -3.70. The average Bonchev–Trinajstić information content (AvgIpc) is 2.46. The first kappa shape index (κ1) is 15.9. The van der Waals surface area contributed by atoms with Gasteiger partial charge in [0.05, 0.1) is 10.5 Å². The van der Waals surface area contributed by atoms with Crippen molar-refractivity contribution in [1.29, 1.82) is 5.26 Å². The summed E-state index contributed by atoms with van der Waals surface area (Å²) in [5, 5.41) is 8.83. The maximum Gasteiger partial charge on any atom is 0.243 e. The Morgan fingerprint density at radius 3 is 2.71 bits per heavy atom. The van der Waals surface area contributed by atoms with Crippen molar-refractivity contribution in [2.45, 2.75) is 43.5 Å². The van der Waals surface area contributed by atoms with Gasteiger partial charge in [0.1, 0.15) is 11.9 Å². The zero-order valence-corrected chi connectivity index (χ0v) is 13.0. The summed E-state index contributed by atoms with van der Waals surface area (Å²) < 4.78 is 39.9. The molecule has 0 spiro atoms. The van der Waals surface area contributed by atoms with Crippen LogP contribution in [0.4, 0.5) is 4.39 Å². The summed E-state index contributed by atoms with van der Waals surface area (Å²) in [4.78, 5) is -0.0267. The molecule has 0 aromatic heterocycles. The van der Waals surface area contributed by atoms with Crippen LogP contribution >= 0.6 is 0 Å². The Kier molecular flexibility index (Phi) is 4.64. The van der Waals surface area contributed by atoms with E-state index in [0.717, 1.165) is 37.8 Å². The number of sulfonamides is 1. The highest BCUT2D eigenvalue weighted by atomic mass is 32.2. The maximum atomic E-state index is 13.3. The summed E-state index contributed by atoms with van der Waals surface area (Å²) in [7, 11) is -2.13. The molecule has 114 valence electrons. The van der Waals surface area contributed by atoms with Crippen molar-refractivity contribution in [1.82, 2.24) is 4.31 Å². The Hall–Kier alpha value is -1.45. The molecule has 0 heterocycles. The van der Waals surface area contributed by atoms with Crippen LogP contribution < -0.4 is 0 Å². The fourth-order valence-electron chi connectivity index (χ4n) is 2.85. The van der Waals surface area contributed by atoms with Gasteiger partial charge in [-0.3, -0.25) is 0 Å². The lowest BCUT2D eigenvalue weighted by atomic mass is 9.87. The SMILES string of the molecule is CC1CCCC(N(C)S(=O)(=O)c2ccc(F)c(C#N)c2)C1. The molecule has 1 fully saturated rings. The number of hydrogen-bond acceptors (Lipinski definition) is 3. The van der Waals surface area contributed by atoms with Crippen LogP contribution in [0, 0.1) is 23.1 Å². The minimum Gasteiger partial charge on any atom is -0.207 e. The fourth-order valence-corrected chi connectivity index (χ4v) is 4.27. The Bertz CT molecular complexity index is 667. The number of rotatable bonds is 3. The van der Waals surface area contributed by atoms with Crippen LogP contribution in [0.1, 0.15) is 38.2 Å². The van der Waals surface area contributed by atoms with E-state index in [-0.39, 0.29) is 16.5 Å². The first-order valence-electron chi connectivity index (χ1n) is 7.04. The molecule has 21 heavy (non-hydrogen) atoms. The quantitative estimate of drug-likeness (QED) is 0.862. The monoisotopic (exact) mass is 310 g/mol. The van der Waals surface area contributed by atoms with Crippen molar-refractivity contribution in [3.63, 3.8) is 0 Å². The van der Waals surface area contributed by atoms with Gasteiger partial charge in [-0.2, -0.15) is 9.57 Å². The van der Waals surface area contributed by atoms with E-state index in [4.69, 9.17) is 5.26 Å². The Morgan fingerprint density at radius 2 is 2.10 bits per heavy atom. The molecule has 1 aliphatic rings. The van der Waals surface area contributed by atoms with Crippen LogP contribution in [0.25, 0.3) is 0 Å². The summed E-state index contributed by atoms with van der Waals surface area (Å²) in [6.07, 6.45) is 3.81. The van der Waals surface area contributed by atoms with Crippen molar-refractivity contribution < 1.29 is 12.8 Å². The predicted molar refractivity (Wildman–Crippen MR) is 77.5 cm³/mol. The second kappa shape index (κ2) is 6.12. The normalized spacial score (nSPS) is 23.0. The van der Waals surface area contributed by atoms with E-state index in [1.165, 1.54) is 10.4 Å². The van der Waals surface area contributed by atoms with E-state index in [9.17, 15) is 12.8 Å². The van der Waals surface area contributed by atoms with E-state index in [1.54, 1.807) is 13.1 Å². The zero-order chi connectivity index (χ0) is 15.6. The highest BCUT2D eigenvalue weighted by Gasteiger charge is 2.31. The van der Waals surface area contributed by atoms with Crippen LogP contribution in [0.3, 0.4) is 0 Å². The number of benzene rings is 1. The lowest BCUT2D eigenvalue weighted by Crippen LogP contribution is -2.39. The van der Waals surface area contributed by atoms with Crippen LogP contribution in [0.2, 0.25) is 0 Å². The molecular formula is C15H19FN2O2S. The van der Waals surface area contributed by atoms with E-state index in [2.05, 4.69) is 6.92 Å². The molecule has 0 aliphatic heterocycles. The maximum absolute atomic E-state index is 13.3. The third kappa shape index (κ3) is 3.25. The molecular weight excluding hydrogens is 291 g/mol. The molecule has 6 heteroatoms. The molecule has 1 saturated carbocycles. The van der Waals surface area contributed by atoms with Gasteiger partial charge in [-0.1, -0.05) is 19.8 Å². The molecule has 1 aliphatic carbocycles. The summed E-state index contributed by atoms with van der Waals surface area (Å²) in [6, 6.07) is 4.99. The van der Waals surface area contributed by atoms with E-state index >= 15 is 0 Å². The second-order valence-electron chi connectivity index (χ2n) is 5.70. The standard InChI is InChI=1S/C15H19FN2O2S/c1-11-4-3-5-13(8-11)18(2)21(19,20)14-6-7-15(16)12(9-14)10-17/h6-7,9,11,13H,3-5,8H2,1-2H3. The van der Waals surface area contributed by atoms with E-state index < -0.39 is 15.8 Å². The van der Waals surface area contributed by atoms with E-state index in [0.29, 0.717) is 5.92 Å². The van der Waals surface area contributed by atoms with Gasteiger partial charge in [0.2, 0.25) is 10.0 Å². The summed E-state index contributed by atoms with van der Waals surface area (Å²) >= 11 is 0. The van der Waals surface area contributed by atoms with Gasteiger partial charge >= 0.3 is 0 Å². The number of hydrogen-bond donors (Lipinski definition) is 0. The van der Waals surface area contributed by atoms with Crippen LogP contribution in [0.5, 0.6) is 0 Å². The highest BCUT2D eigenvalue weighted by molar-refractivity contribution is 7.89. The molecule has 2 atom stereocenters. The van der Waals surface area contributed by atoms with Gasteiger partial charge < -0.3 is 0 Å². The zero-order valence-electron chi connectivity index (χ0n) is 12.2. The third-order valence-electron chi connectivity index (χ3n) is 4.16. The van der Waals surface area contributed by atoms with Crippen molar-refractivity contribution in [3.8, 4) is 6.07 Å². The molecule has 0 saturated heterocycles. The molecule has 1 aromatic carbocycles. The Balaban J connectivity index is 2.31. The molecule has 0 amide bonds. The van der Waals surface area contributed by atoms with Crippen molar-refractivity contribution in [2.75, 3.05) is 7.05 Å². The molecule has 0 bridgehead atoms. The second-order valence-corrected chi connectivity index (χ2v) is 7.70. The fraction of sp³-hybridized carbons (Fsp3) is 0.533. The summed E-state index contributed by atoms with van der Waals surface area (Å²) in [6.45, 7) is 2.12. The average molecular weight is 310 g/mol. The Labute approximate surface area is 125 Å². The van der Waals surface area contributed by atoms with Gasteiger partial charge in [-0.25, -0.2) is 12.8 Å². The first-order valence-corrected chi connectivity index (χ1v) is 8.48. The van der Waals surface area contributed by atoms with Crippen LogP contribution in [-0.2, 0) is 10.0 Å². The molecule has 2 rings (SSSR count). The topological polar surface area (TPSA) is 61.2 Å². The van der Waals surface area contributed by atoms with Crippen molar-refractivity contribution >= 4 is 10.0 Å². The smallest absolute Gasteiger partial charge is 0.207 e. The van der Waals surface area contributed by atoms with Crippen molar-refractivity contribution in [3.05, 3.63) is 29.6 Å². The lowest BCUT2D eigenvalue weighted by molar-refractivity contribution is 0.239. The van der Waals surface area contributed by atoms with Gasteiger partial charge in [0.25, 0.3) is 0 Å². The summed E-state index contributed by atoms with van der Waals surface area (Å²) in [5.41, 5.74) is -0.249. The van der Waals surface area contributed by atoms with Gasteiger partial charge in [0.15, 0.2) is 0 Å². The van der Waals surface area contributed by atoms with Crippen LogP contribution in [0.15, 0.2) is 23.1 Å².